The molecule has 0 saturated heterocycles. The average molecular weight is 284 g/mol. The number of hydrogen-bond acceptors (Lipinski definition) is 3. The van der Waals surface area contributed by atoms with Crippen LogP contribution in [-0.4, -0.2) is 11.0 Å². The molecule has 104 valence electrons. The van der Waals surface area contributed by atoms with Crippen LogP contribution in [0, 0.1) is 11.6 Å². The van der Waals surface area contributed by atoms with Gasteiger partial charge in [0.2, 0.25) is 0 Å². The van der Waals surface area contributed by atoms with Gasteiger partial charge >= 0.3 is 0 Å². The molecule has 0 amide bonds. The first kappa shape index (κ1) is 13.2. The number of nitrogens with zero attached hydrogens (tertiary/aromatic N) is 1. The number of carbonyl (C=O) groups excluding carboxylic acids is 1. The molecule has 0 radical (unpaired) electrons. The van der Waals surface area contributed by atoms with E-state index in [9.17, 15) is 18.7 Å². The summed E-state index contributed by atoms with van der Waals surface area (Å²) in [5.41, 5.74) is 1.09. The van der Waals surface area contributed by atoms with E-state index >= 15 is 0 Å². The molecule has 0 atom stereocenters. The van der Waals surface area contributed by atoms with Crippen molar-refractivity contribution in [2.24, 2.45) is 0 Å². The van der Waals surface area contributed by atoms with Crippen LogP contribution in [0.3, 0.4) is 0 Å². The minimum atomic E-state index is -1.42. The van der Waals surface area contributed by atoms with Crippen molar-refractivity contribution in [3.8, 4) is 11.3 Å². The lowest BCUT2D eigenvalue weighted by molar-refractivity contribution is -0.254. The fraction of sp³-hybridized carbons (Fsp3) is 0. The highest BCUT2D eigenvalue weighted by Gasteiger charge is 2.09. The number of carboxylic acid groups (broad SMARTS) is 1. The maximum absolute atomic E-state index is 13.3. The molecule has 1 heterocycles. The molecule has 0 spiro atoms. The van der Waals surface area contributed by atoms with Gasteiger partial charge in [-0.25, -0.2) is 13.8 Å². The SMILES string of the molecule is O=C([O-])c1cc(-c2ccc(F)cc2)nc2ccc(F)cc12. The molecule has 3 rings (SSSR count). The lowest BCUT2D eigenvalue weighted by Crippen LogP contribution is -2.22. The lowest BCUT2D eigenvalue weighted by atomic mass is 10.0. The van der Waals surface area contributed by atoms with Gasteiger partial charge < -0.3 is 9.90 Å². The summed E-state index contributed by atoms with van der Waals surface area (Å²) >= 11 is 0. The molecule has 0 unspecified atom stereocenters. The van der Waals surface area contributed by atoms with Crippen LogP contribution >= 0.6 is 0 Å². The zero-order valence-corrected chi connectivity index (χ0v) is 10.6. The van der Waals surface area contributed by atoms with Crippen molar-refractivity contribution in [3.63, 3.8) is 0 Å². The molecule has 5 heteroatoms. The molecule has 0 saturated carbocycles. The third kappa shape index (κ3) is 2.45. The molecule has 0 aliphatic carbocycles. The number of benzene rings is 2. The molecule has 0 aliphatic rings. The molecule has 0 N–H and O–H groups in total. The van der Waals surface area contributed by atoms with Gasteiger partial charge in [-0.1, -0.05) is 0 Å². The van der Waals surface area contributed by atoms with Gasteiger partial charge in [-0.15, -0.1) is 0 Å². The van der Waals surface area contributed by atoms with Gasteiger partial charge in [0.25, 0.3) is 0 Å². The van der Waals surface area contributed by atoms with E-state index in [1.54, 1.807) is 0 Å². The third-order valence-corrected chi connectivity index (χ3v) is 3.13. The minimum Gasteiger partial charge on any atom is -0.545 e. The van der Waals surface area contributed by atoms with Crippen LogP contribution in [0.1, 0.15) is 10.4 Å². The number of pyridine rings is 1. The summed E-state index contributed by atoms with van der Waals surface area (Å²) < 4.78 is 26.2. The Bertz CT molecular complexity index is 845. The van der Waals surface area contributed by atoms with E-state index in [2.05, 4.69) is 4.98 Å². The maximum Gasteiger partial charge on any atom is 0.123 e. The molecular weight excluding hydrogens is 276 g/mol. The number of carbonyl (C=O) groups is 1. The van der Waals surface area contributed by atoms with Crippen molar-refractivity contribution in [3.05, 3.63) is 65.7 Å². The Morgan fingerprint density at radius 3 is 2.29 bits per heavy atom. The van der Waals surface area contributed by atoms with Crippen molar-refractivity contribution in [2.75, 3.05) is 0 Å². The first-order valence-corrected chi connectivity index (χ1v) is 6.12. The van der Waals surface area contributed by atoms with Crippen LogP contribution in [0.5, 0.6) is 0 Å². The predicted molar refractivity (Wildman–Crippen MR) is 71.4 cm³/mol. The summed E-state index contributed by atoms with van der Waals surface area (Å²) in [6, 6.07) is 10.5. The zero-order chi connectivity index (χ0) is 15.0. The first-order valence-electron chi connectivity index (χ1n) is 6.12. The Kier molecular flexibility index (Phi) is 3.10. The summed E-state index contributed by atoms with van der Waals surface area (Å²) in [6.45, 7) is 0. The molecular formula is C16H8F2NO2-. The van der Waals surface area contributed by atoms with E-state index in [-0.39, 0.29) is 10.9 Å². The van der Waals surface area contributed by atoms with E-state index in [1.807, 2.05) is 0 Å². The Morgan fingerprint density at radius 2 is 1.62 bits per heavy atom. The number of hydrogen-bond donors (Lipinski definition) is 0. The molecule has 3 aromatic rings. The second kappa shape index (κ2) is 4.94. The van der Waals surface area contributed by atoms with E-state index in [1.165, 1.54) is 42.5 Å². The lowest BCUT2D eigenvalue weighted by Gasteiger charge is -2.10. The van der Waals surface area contributed by atoms with E-state index in [4.69, 9.17) is 0 Å². The summed E-state index contributed by atoms with van der Waals surface area (Å²) in [6.07, 6.45) is 0. The second-order valence-electron chi connectivity index (χ2n) is 4.51. The number of rotatable bonds is 2. The Hall–Kier alpha value is -2.82. The van der Waals surface area contributed by atoms with Gasteiger partial charge in [-0.3, -0.25) is 0 Å². The summed E-state index contributed by atoms with van der Waals surface area (Å²) in [7, 11) is 0. The highest BCUT2D eigenvalue weighted by Crippen LogP contribution is 2.25. The Morgan fingerprint density at radius 1 is 0.952 bits per heavy atom. The van der Waals surface area contributed by atoms with Crippen LogP contribution < -0.4 is 5.11 Å². The fourth-order valence-electron chi connectivity index (χ4n) is 2.14. The Balaban J connectivity index is 2.28. The molecule has 21 heavy (non-hydrogen) atoms. The van der Waals surface area contributed by atoms with Crippen molar-refractivity contribution >= 4 is 16.9 Å². The molecule has 0 fully saturated rings. The van der Waals surface area contributed by atoms with Gasteiger partial charge in [0, 0.05) is 16.5 Å². The number of aromatic carboxylic acids is 1. The van der Waals surface area contributed by atoms with Crippen LogP contribution in [0.15, 0.2) is 48.5 Å². The normalized spacial score (nSPS) is 10.8. The number of fused-ring (bicyclic) bond motifs is 1. The largest absolute Gasteiger partial charge is 0.545 e. The Labute approximate surface area is 118 Å². The van der Waals surface area contributed by atoms with Gasteiger partial charge in [0.15, 0.2) is 0 Å². The molecule has 1 aromatic heterocycles. The van der Waals surface area contributed by atoms with Crippen LogP contribution in [0.25, 0.3) is 22.2 Å². The quantitative estimate of drug-likeness (QED) is 0.726. The van der Waals surface area contributed by atoms with E-state index in [0.29, 0.717) is 16.8 Å². The maximum atomic E-state index is 13.3. The second-order valence-corrected chi connectivity index (χ2v) is 4.51. The average Bonchev–Trinajstić information content (AvgIpc) is 2.46. The number of halogens is 2. The topological polar surface area (TPSA) is 53.0 Å². The smallest absolute Gasteiger partial charge is 0.123 e. The van der Waals surface area contributed by atoms with Gasteiger partial charge in [0.05, 0.1) is 17.2 Å². The van der Waals surface area contributed by atoms with E-state index < -0.39 is 17.6 Å². The highest BCUT2D eigenvalue weighted by atomic mass is 19.1. The monoisotopic (exact) mass is 284 g/mol. The number of carboxylic acids is 1. The van der Waals surface area contributed by atoms with Gasteiger partial charge in [-0.05, 0) is 48.5 Å². The van der Waals surface area contributed by atoms with Crippen molar-refractivity contribution < 1.29 is 18.7 Å². The standard InChI is InChI=1S/C16H9F2NO2/c17-10-3-1-9(2-4-10)15-8-13(16(20)21)12-7-11(18)5-6-14(12)19-15/h1-8H,(H,20,21)/p-1. The van der Waals surface area contributed by atoms with Gasteiger partial charge in [-0.2, -0.15) is 0 Å². The molecule has 3 nitrogen and oxygen atoms in total. The van der Waals surface area contributed by atoms with Crippen molar-refractivity contribution in [2.45, 2.75) is 0 Å². The first-order chi connectivity index (χ1) is 10.0. The molecule has 0 bridgehead atoms. The van der Waals surface area contributed by atoms with Crippen LogP contribution in [0.2, 0.25) is 0 Å². The van der Waals surface area contributed by atoms with Gasteiger partial charge in [0.1, 0.15) is 11.6 Å². The van der Waals surface area contributed by atoms with Crippen LogP contribution in [0.4, 0.5) is 8.78 Å². The summed E-state index contributed by atoms with van der Waals surface area (Å²) in [5, 5.41) is 11.4. The number of aromatic nitrogens is 1. The zero-order valence-electron chi connectivity index (χ0n) is 10.6. The third-order valence-electron chi connectivity index (χ3n) is 3.13. The summed E-state index contributed by atoms with van der Waals surface area (Å²) in [5.74, 6) is -2.38. The van der Waals surface area contributed by atoms with Crippen molar-refractivity contribution in [1.29, 1.82) is 0 Å². The van der Waals surface area contributed by atoms with Crippen molar-refractivity contribution in [1.82, 2.24) is 4.98 Å². The highest BCUT2D eigenvalue weighted by molar-refractivity contribution is 6.02. The minimum absolute atomic E-state index is 0.154. The summed E-state index contributed by atoms with van der Waals surface area (Å²) in [4.78, 5) is 15.5. The fourth-order valence-corrected chi connectivity index (χ4v) is 2.14. The van der Waals surface area contributed by atoms with E-state index in [0.717, 1.165) is 6.07 Å². The van der Waals surface area contributed by atoms with Crippen LogP contribution in [-0.2, 0) is 0 Å². The molecule has 2 aromatic carbocycles. The molecule has 0 aliphatic heterocycles. The predicted octanol–water partition coefficient (Wildman–Crippen LogP) is 2.54.